The standard InChI is InChI=1S/C23H35N3O/c1-19-7-5-10-21(24-19)17-25-16-13-23(18-25)12-6-14-26(22(23)27)15-11-20-8-3-2-4-9-20/h5,7,10,20H,2-4,6,8-9,11-18H2,1H3. The SMILES string of the molecule is Cc1cccc(CN2CCC3(CCCN(CCC4CCCCC4)C3=O)C2)n1. The maximum Gasteiger partial charge on any atom is 0.230 e. The fourth-order valence-corrected chi connectivity index (χ4v) is 5.57. The van der Waals surface area contributed by atoms with Gasteiger partial charge in [-0.2, -0.15) is 0 Å². The third kappa shape index (κ3) is 4.37. The Kier molecular flexibility index (Phi) is 5.82. The number of hydrogen-bond acceptors (Lipinski definition) is 3. The lowest BCUT2D eigenvalue weighted by Crippen LogP contribution is -2.50. The molecular weight excluding hydrogens is 334 g/mol. The summed E-state index contributed by atoms with van der Waals surface area (Å²) in [6, 6.07) is 6.24. The number of rotatable bonds is 5. The van der Waals surface area contributed by atoms with Crippen molar-refractivity contribution >= 4 is 5.91 Å². The van der Waals surface area contributed by atoms with Crippen molar-refractivity contribution in [3.05, 3.63) is 29.6 Å². The largest absolute Gasteiger partial charge is 0.342 e. The second-order valence-electron chi connectivity index (χ2n) is 9.20. The molecule has 4 rings (SSSR count). The predicted molar refractivity (Wildman–Crippen MR) is 108 cm³/mol. The van der Waals surface area contributed by atoms with Crippen LogP contribution in [0.3, 0.4) is 0 Å². The minimum absolute atomic E-state index is 0.116. The second kappa shape index (κ2) is 8.30. The summed E-state index contributed by atoms with van der Waals surface area (Å²) in [7, 11) is 0. The Hall–Kier alpha value is -1.42. The minimum atomic E-state index is -0.116. The fraction of sp³-hybridized carbons (Fsp3) is 0.739. The molecule has 27 heavy (non-hydrogen) atoms. The number of amides is 1. The normalized spacial score (nSPS) is 27.6. The summed E-state index contributed by atoms with van der Waals surface area (Å²) in [5, 5.41) is 0. The predicted octanol–water partition coefficient (Wildman–Crippen LogP) is 4.17. The third-order valence-corrected chi connectivity index (χ3v) is 7.12. The summed E-state index contributed by atoms with van der Waals surface area (Å²) in [6.07, 6.45) is 11.4. The van der Waals surface area contributed by atoms with Gasteiger partial charge in [0.15, 0.2) is 0 Å². The highest BCUT2D eigenvalue weighted by molar-refractivity contribution is 5.84. The summed E-state index contributed by atoms with van der Waals surface area (Å²) in [6.45, 7) is 6.83. The molecule has 0 N–H and O–H groups in total. The molecule has 0 bridgehead atoms. The molecule has 3 heterocycles. The van der Waals surface area contributed by atoms with Gasteiger partial charge in [-0.05, 0) is 57.2 Å². The van der Waals surface area contributed by atoms with E-state index in [-0.39, 0.29) is 5.41 Å². The molecule has 2 aliphatic heterocycles. The molecule has 4 nitrogen and oxygen atoms in total. The molecule has 1 atom stereocenters. The van der Waals surface area contributed by atoms with E-state index >= 15 is 0 Å². The van der Waals surface area contributed by atoms with Gasteiger partial charge < -0.3 is 4.90 Å². The van der Waals surface area contributed by atoms with E-state index in [2.05, 4.69) is 26.9 Å². The van der Waals surface area contributed by atoms with E-state index < -0.39 is 0 Å². The Morgan fingerprint density at radius 2 is 1.96 bits per heavy atom. The van der Waals surface area contributed by atoms with Crippen molar-refractivity contribution in [1.82, 2.24) is 14.8 Å². The lowest BCUT2D eigenvalue weighted by Gasteiger charge is -2.40. The summed E-state index contributed by atoms with van der Waals surface area (Å²) >= 11 is 0. The van der Waals surface area contributed by atoms with Crippen molar-refractivity contribution in [2.45, 2.75) is 71.3 Å². The first-order chi connectivity index (χ1) is 13.1. The van der Waals surface area contributed by atoms with Crippen LogP contribution in [0, 0.1) is 18.3 Å². The summed E-state index contributed by atoms with van der Waals surface area (Å²) in [5.41, 5.74) is 2.09. The molecule has 0 aromatic carbocycles. The van der Waals surface area contributed by atoms with Gasteiger partial charge in [-0.1, -0.05) is 38.2 Å². The number of nitrogens with zero attached hydrogens (tertiary/aromatic N) is 3. The average molecular weight is 370 g/mol. The molecule has 4 heteroatoms. The summed E-state index contributed by atoms with van der Waals surface area (Å²) in [4.78, 5) is 22.7. The van der Waals surface area contributed by atoms with Crippen LogP contribution in [0.25, 0.3) is 0 Å². The van der Waals surface area contributed by atoms with Gasteiger partial charge in [0, 0.05) is 31.9 Å². The molecule has 148 valence electrons. The van der Waals surface area contributed by atoms with Crippen molar-refractivity contribution in [3.63, 3.8) is 0 Å². The summed E-state index contributed by atoms with van der Waals surface area (Å²) < 4.78 is 0. The van der Waals surface area contributed by atoms with Crippen molar-refractivity contribution in [1.29, 1.82) is 0 Å². The molecule has 3 aliphatic rings. The number of aromatic nitrogens is 1. The van der Waals surface area contributed by atoms with Gasteiger partial charge >= 0.3 is 0 Å². The van der Waals surface area contributed by atoms with Crippen LogP contribution >= 0.6 is 0 Å². The molecule has 1 aromatic heterocycles. The zero-order valence-corrected chi connectivity index (χ0v) is 17.0. The van der Waals surface area contributed by atoms with Crippen LogP contribution in [0.15, 0.2) is 18.2 Å². The highest BCUT2D eigenvalue weighted by Crippen LogP contribution is 2.40. The Bertz CT molecular complexity index is 655. The van der Waals surface area contributed by atoms with Crippen LogP contribution in [0.5, 0.6) is 0 Å². The lowest BCUT2D eigenvalue weighted by molar-refractivity contribution is -0.145. The van der Waals surface area contributed by atoms with E-state index in [1.165, 1.54) is 44.9 Å². The topological polar surface area (TPSA) is 36.4 Å². The second-order valence-corrected chi connectivity index (χ2v) is 9.20. The van der Waals surface area contributed by atoms with Gasteiger partial charge in [0.05, 0.1) is 11.1 Å². The Morgan fingerprint density at radius 3 is 2.78 bits per heavy atom. The van der Waals surface area contributed by atoms with Crippen LogP contribution in [-0.4, -0.2) is 46.9 Å². The number of carbonyl (C=O) groups is 1. The first kappa shape index (κ1) is 18.9. The van der Waals surface area contributed by atoms with Gasteiger partial charge in [-0.25, -0.2) is 0 Å². The van der Waals surface area contributed by atoms with E-state index in [4.69, 9.17) is 0 Å². The molecule has 3 fully saturated rings. The molecule has 1 spiro atoms. The van der Waals surface area contributed by atoms with Gasteiger partial charge in [0.2, 0.25) is 5.91 Å². The number of piperidine rings is 1. The first-order valence-corrected chi connectivity index (χ1v) is 11.1. The molecule has 1 aliphatic carbocycles. The molecule has 1 unspecified atom stereocenters. The third-order valence-electron chi connectivity index (χ3n) is 7.12. The number of likely N-dealkylation sites (tertiary alicyclic amines) is 2. The summed E-state index contributed by atoms with van der Waals surface area (Å²) in [5.74, 6) is 1.31. The molecule has 1 saturated carbocycles. The first-order valence-electron chi connectivity index (χ1n) is 11.1. The highest BCUT2D eigenvalue weighted by Gasteiger charge is 2.48. The van der Waals surface area contributed by atoms with E-state index in [0.717, 1.165) is 62.9 Å². The van der Waals surface area contributed by atoms with Crippen LogP contribution in [-0.2, 0) is 11.3 Å². The Balaban J connectivity index is 1.34. The molecule has 1 amide bonds. The molecule has 0 radical (unpaired) electrons. The van der Waals surface area contributed by atoms with Gasteiger partial charge in [-0.3, -0.25) is 14.7 Å². The minimum Gasteiger partial charge on any atom is -0.342 e. The van der Waals surface area contributed by atoms with Gasteiger partial charge in [0.1, 0.15) is 0 Å². The van der Waals surface area contributed by atoms with E-state index in [1.807, 2.05) is 13.0 Å². The smallest absolute Gasteiger partial charge is 0.230 e. The number of pyridine rings is 1. The van der Waals surface area contributed by atoms with Crippen molar-refractivity contribution in [3.8, 4) is 0 Å². The van der Waals surface area contributed by atoms with E-state index in [1.54, 1.807) is 0 Å². The maximum atomic E-state index is 13.4. The quantitative estimate of drug-likeness (QED) is 0.781. The van der Waals surface area contributed by atoms with Crippen LogP contribution < -0.4 is 0 Å². The van der Waals surface area contributed by atoms with Crippen molar-refractivity contribution in [2.24, 2.45) is 11.3 Å². The zero-order chi connectivity index (χ0) is 18.7. The van der Waals surface area contributed by atoms with E-state index in [9.17, 15) is 4.79 Å². The molecule has 2 saturated heterocycles. The highest BCUT2D eigenvalue weighted by atomic mass is 16.2. The average Bonchev–Trinajstić information content (AvgIpc) is 3.07. The van der Waals surface area contributed by atoms with Gasteiger partial charge in [-0.15, -0.1) is 0 Å². The van der Waals surface area contributed by atoms with Crippen molar-refractivity contribution < 1.29 is 4.79 Å². The monoisotopic (exact) mass is 369 g/mol. The molecular formula is C23H35N3O. The maximum absolute atomic E-state index is 13.4. The van der Waals surface area contributed by atoms with Crippen molar-refractivity contribution in [2.75, 3.05) is 26.2 Å². The van der Waals surface area contributed by atoms with Gasteiger partial charge in [0.25, 0.3) is 0 Å². The lowest BCUT2D eigenvalue weighted by atomic mass is 9.78. The van der Waals surface area contributed by atoms with E-state index in [0.29, 0.717) is 5.91 Å². The number of aryl methyl sites for hydroxylation is 1. The number of hydrogen-bond donors (Lipinski definition) is 0. The molecule has 1 aromatic rings. The number of carbonyl (C=O) groups excluding carboxylic acids is 1. The zero-order valence-electron chi connectivity index (χ0n) is 17.0. The fourth-order valence-electron chi connectivity index (χ4n) is 5.57. The van der Waals surface area contributed by atoms with Crippen LogP contribution in [0.1, 0.15) is 69.2 Å². The van der Waals surface area contributed by atoms with Crippen LogP contribution in [0.4, 0.5) is 0 Å². The Morgan fingerprint density at radius 1 is 1.11 bits per heavy atom. The Labute approximate surface area is 164 Å². The van der Waals surface area contributed by atoms with Crippen LogP contribution in [0.2, 0.25) is 0 Å².